The van der Waals surface area contributed by atoms with Crippen LogP contribution in [0.15, 0.2) is 36.4 Å². The van der Waals surface area contributed by atoms with Crippen molar-refractivity contribution in [3.8, 4) is 0 Å². The number of amides is 3. The zero-order chi connectivity index (χ0) is 16.8. The minimum atomic E-state index is -0.559. The van der Waals surface area contributed by atoms with Crippen molar-refractivity contribution in [1.82, 2.24) is 9.80 Å². The Morgan fingerprint density at radius 3 is 2.17 bits per heavy atom. The molecule has 1 aliphatic carbocycles. The van der Waals surface area contributed by atoms with Gasteiger partial charge in [-0.2, -0.15) is 0 Å². The number of carbonyl (C=O) groups is 3. The molecule has 2 saturated heterocycles. The van der Waals surface area contributed by atoms with Gasteiger partial charge in [0.15, 0.2) is 0 Å². The van der Waals surface area contributed by atoms with Crippen LogP contribution >= 0.6 is 0 Å². The number of fused-ring (bicyclic) bond motifs is 1. The van der Waals surface area contributed by atoms with E-state index in [2.05, 4.69) is 0 Å². The molecule has 2 atom stereocenters. The number of nitrogens with zero attached hydrogens (tertiary/aromatic N) is 2. The van der Waals surface area contributed by atoms with Gasteiger partial charge in [0.05, 0.1) is 23.4 Å². The molecule has 0 N–H and O–H groups in total. The normalized spacial score (nSPS) is 26.5. The van der Waals surface area contributed by atoms with Crippen molar-refractivity contribution in [1.29, 1.82) is 0 Å². The van der Waals surface area contributed by atoms with E-state index in [4.69, 9.17) is 0 Å². The van der Waals surface area contributed by atoms with E-state index in [0.717, 1.165) is 0 Å². The number of benzene rings is 1. The second kappa shape index (κ2) is 5.54. The predicted octanol–water partition coefficient (Wildman–Crippen LogP) is 1.60. The van der Waals surface area contributed by atoms with Crippen LogP contribution < -0.4 is 0 Å². The van der Waals surface area contributed by atoms with E-state index < -0.39 is 11.7 Å². The number of hydrogen-bond donors (Lipinski definition) is 0. The molecule has 2 unspecified atom stereocenters. The highest BCUT2D eigenvalue weighted by molar-refractivity contribution is 6.06. The lowest BCUT2D eigenvalue weighted by atomic mass is 9.85. The zero-order valence-electron chi connectivity index (χ0n) is 13.0. The summed E-state index contributed by atoms with van der Waals surface area (Å²) in [5, 5.41) is 0. The third-order valence-electron chi connectivity index (χ3n) is 5.16. The van der Waals surface area contributed by atoms with E-state index in [1.165, 1.54) is 28.0 Å². The second-order valence-electron chi connectivity index (χ2n) is 6.55. The van der Waals surface area contributed by atoms with E-state index >= 15 is 0 Å². The predicted molar refractivity (Wildman–Crippen MR) is 83.3 cm³/mol. The van der Waals surface area contributed by atoms with Crippen LogP contribution in [-0.4, -0.2) is 46.7 Å². The quantitative estimate of drug-likeness (QED) is 0.612. The summed E-state index contributed by atoms with van der Waals surface area (Å²) in [7, 11) is 0. The SMILES string of the molecule is O=C(c1ccccc1F)N1CC(N2C(=O)C3CC=CCC3C2=O)C1. The third kappa shape index (κ3) is 2.17. The minimum Gasteiger partial charge on any atom is -0.334 e. The number of likely N-dealkylation sites (tertiary alicyclic amines) is 2. The summed E-state index contributed by atoms with van der Waals surface area (Å²) in [6.07, 6.45) is 5.11. The summed E-state index contributed by atoms with van der Waals surface area (Å²) < 4.78 is 13.7. The molecule has 0 spiro atoms. The van der Waals surface area contributed by atoms with Gasteiger partial charge in [0.1, 0.15) is 5.82 Å². The van der Waals surface area contributed by atoms with Gasteiger partial charge in [0.2, 0.25) is 11.8 Å². The first-order chi connectivity index (χ1) is 11.6. The number of hydrogen-bond acceptors (Lipinski definition) is 3. The molecule has 2 fully saturated rings. The van der Waals surface area contributed by atoms with Gasteiger partial charge in [-0.15, -0.1) is 0 Å². The lowest BCUT2D eigenvalue weighted by Gasteiger charge is -2.43. The topological polar surface area (TPSA) is 57.7 Å². The molecule has 24 heavy (non-hydrogen) atoms. The van der Waals surface area contributed by atoms with Crippen LogP contribution in [0.1, 0.15) is 23.2 Å². The molecule has 4 rings (SSSR count). The molecular formula is C18H17FN2O3. The largest absolute Gasteiger partial charge is 0.334 e. The summed E-state index contributed by atoms with van der Waals surface area (Å²) in [5.41, 5.74) is 0.0212. The van der Waals surface area contributed by atoms with Crippen LogP contribution in [0.5, 0.6) is 0 Å². The monoisotopic (exact) mass is 328 g/mol. The van der Waals surface area contributed by atoms with E-state index in [9.17, 15) is 18.8 Å². The first kappa shape index (κ1) is 15.1. The average molecular weight is 328 g/mol. The minimum absolute atomic E-state index is 0.0212. The molecular weight excluding hydrogens is 311 g/mol. The Hall–Kier alpha value is -2.50. The van der Waals surface area contributed by atoms with Gasteiger partial charge in [0.25, 0.3) is 5.91 Å². The lowest BCUT2D eigenvalue weighted by molar-refractivity contribution is -0.145. The van der Waals surface area contributed by atoms with Crippen molar-refractivity contribution in [2.45, 2.75) is 18.9 Å². The fourth-order valence-electron chi connectivity index (χ4n) is 3.78. The Bertz CT molecular complexity index is 728. The molecule has 3 aliphatic rings. The number of allylic oxidation sites excluding steroid dienone is 2. The van der Waals surface area contributed by atoms with E-state index in [-0.39, 0.29) is 48.3 Å². The Morgan fingerprint density at radius 1 is 1.00 bits per heavy atom. The average Bonchev–Trinajstić information content (AvgIpc) is 2.79. The molecule has 0 aromatic heterocycles. The molecule has 2 aliphatic heterocycles. The summed E-state index contributed by atoms with van der Waals surface area (Å²) in [5.74, 6) is -1.72. The Balaban J connectivity index is 1.45. The van der Waals surface area contributed by atoms with Crippen molar-refractivity contribution in [2.75, 3.05) is 13.1 Å². The Kier molecular flexibility index (Phi) is 3.48. The maximum absolute atomic E-state index is 13.7. The van der Waals surface area contributed by atoms with E-state index in [0.29, 0.717) is 12.8 Å². The molecule has 0 saturated carbocycles. The zero-order valence-corrected chi connectivity index (χ0v) is 13.0. The van der Waals surface area contributed by atoms with Gasteiger partial charge in [-0.05, 0) is 25.0 Å². The van der Waals surface area contributed by atoms with Gasteiger partial charge in [-0.25, -0.2) is 4.39 Å². The standard InChI is InChI=1S/C18H17FN2O3/c19-15-8-4-3-7-14(15)16(22)20-9-11(10-20)21-17(23)12-5-1-2-6-13(12)18(21)24/h1-4,7-8,11-13H,5-6,9-10H2. The Morgan fingerprint density at radius 2 is 1.58 bits per heavy atom. The van der Waals surface area contributed by atoms with Crippen molar-refractivity contribution in [3.63, 3.8) is 0 Å². The van der Waals surface area contributed by atoms with Crippen LogP contribution in [0.2, 0.25) is 0 Å². The molecule has 1 aromatic carbocycles. The van der Waals surface area contributed by atoms with Gasteiger partial charge in [0, 0.05) is 13.1 Å². The molecule has 124 valence electrons. The molecule has 2 heterocycles. The smallest absolute Gasteiger partial charge is 0.256 e. The summed E-state index contributed by atoms with van der Waals surface area (Å²) in [4.78, 5) is 40.1. The van der Waals surface area contributed by atoms with E-state index in [1.54, 1.807) is 6.07 Å². The van der Waals surface area contributed by atoms with Crippen LogP contribution in [0.4, 0.5) is 4.39 Å². The van der Waals surface area contributed by atoms with E-state index in [1.807, 2.05) is 12.2 Å². The number of halogens is 1. The summed E-state index contributed by atoms with van der Waals surface area (Å²) in [6, 6.07) is 5.54. The Labute approximate surface area is 138 Å². The van der Waals surface area contributed by atoms with Crippen molar-refractivity contribution >= 4 is 17.7 Å². The van der Waals surface area contributed by atoms with Crippen molar-refractivity contribution in [3.05, 3.63) is 47.8 Å². The molecule has 3 amide bonds. The maximum atomic E-state index is 13.7. The number of rotatable bonds is 2. The van der Waals surface area contributed by atoms with Crippen LogP contribution in [-0.2, 0) is 9.59 Å². The molecule has 0 radical (unpaired) electrons. The van der Waals surface area contributed by atoms with Crippen molar-refractivity contribution < 1.29 is 18.8 Å². The highest BCUT2D eigenvalue weighted by Crippen LogP contribution is 2.37. The maximum Gasteiger partial charge on any atom is 0.256 e. The molecule has 1 aromatic rings. The number of carbonyl (C=O) groups excluding carboxylic acids is 3. The first-order valence-corrected chi connectivity index (χ1v) is 8.13. The van der Waals surface area contributed by atoms with Gasteiger partial charge >= 0.3 is 0 Å². The molecule has 0 bridgehead atoms. The highest BCUT2D eigenvalue weighted by Gasteiger charge is 2.52. The fraction of sp³-hybridized carbons (Fsp3) is 0.389. The van der Waals surface area contributed by atoms with Gasteiger partial charge in [-0.3, -0.25) is 19.3 Å². The third-order valence-corrected chi connectivity index (χ3v) is 5.16. The fourth-order valence-corrected chi connectivity index (χ4v) is 3.78. The summed E-state index contributed by atoms with van der Waals surface area (Å²) in [6.45, 7) is 0.551. The van der Waals surface area contributed by atoms with Gasteiger partial charge in [-0.1, -0.05) is 24.3 Å². The lowest BCUT2D eigenvalue weighted by Crippen LogP contribution is -2.62. The molecule has 5 nitrogen and oxygen atoms in total. The highest BCUT2D eigenvalue weighted by atomic mass is 19.1. The van der Waals surface area contributed by atoms with Crippen LogP contribution in [0, 0.1) is 17.7 Å². The van der Waals surface area contributed by atoms with Crippen molar-refractivity contribution in [2.24, 2.45) is 11.8 Å². The van der Waals surface area contributed by atoms with Crippen LogP contribution in [0.3, 0.4) is 0 Å². The van der Waals surface area contributed by atoms with Gasteiger partial charge < -0.3 is 4.90 Å². The molecule has 6 heteroatoms. The first-order valence-electron chi connectivity index (χ1n) is 8.13. The second-order valence-corrected chi connectivity index (χ2v) is 6.55. The summed E-state index contributed by atoms with van der Waals surface area (Å²) >= 11 is 0. The number of imide groups is 1. The van der Waals surface area contributed by atoms with Crippen LogP contribution in [0.25, 0.3) is 0 Å².